The van der Waals surface area contributed by atoms with E-state index < -0.39 is 0 Å². The van der Waals surface area contributed by atoms with Gasteiger partial charge in [0, 0.05) is 13.1 Å². The third-order valence-corrected chi connectivity index (χ3v) is 1.91. The fourth-order valence-electron chi connectivity index (χ4n) is 1.05. The van der Waals surface area contributed by atoms with Crippen molar-refractivity contribution in [3.05, 3.63) is 12.7 Å². The number of likely N-dealkylation sites (tertiary alicyclic amines) is 1. The van der Waals surface area contributed by atoms with Crippen molar-refractivity contribution in [2.45, 2.75) is 18.9 Å². The summed E-state index contributed by atoms with van der Waals surface area (Å²) in [5, 5.41) is 0. The Morgan fingerprint density at radius 3 is 2.73 bits per heavy atom. The highest BCUT2D eigenvalue weighted by Gasteiger charge is 2.24. The SMILES string of the molecule is C=CCC(N)C(=O)N1CCC1. The Hall–Kier alpha value is -0.830. The summed E-state index contributed by atoms with van der Waals surface area (Å²) in [6.45, 7) is 5.29. The van der Waals surface area contributed by atoms with Crippen molar-refractivity contribution in [3.63, 3.8) is 0 Å². The van der Waals surface area contributed by atoms with Crippen LogP contribution in [0.3, 0.4) is 0 Å². The maximum atomic E-state index is 11.3. The van der Waals surface area contributed by atoms with Crippen molar-refractivity contribution in [2.24, 2.45) is 5.73 Å². The number of hydrogen-bond donors (Lipinski definition) is 1. The van der Waals surface area contributed by atoms with E-state index >= 15 is 0 Å². The first-order chi connectivity index (χ1) is 5.25. The zero-order chi connectivity index (χ0) is 8.27. The summed E-state index contributed by atoms with van der Waals surface area (Å²) in [6.07, 6.45) is 3.38. The van der Waals surface area contributed by atoms with E-state index in [4.69, 9.17) is 5.73 Å². The Morgan fingerprint density at radius 1 is 1.73 bits per heavy atom. The normalized spacial score (nSPS) is 18.8. The lowest BCUT2D eigenvalue weighted by Crippen LogP contribution is -2.49. The predicted molar refractivity (Wildman–Crippen MR) is 44.0 cm³/mol. The first-order valence-corrected chi connectivity index (χ1v) is 3.91. The van der Waals surface area contributed by atoms with E-state index in [1.165, 1.54) is 0 Å². The summed E-state index contributed by atoms with van der Waals surface area (Å²) in [6, 6.07) is -0.368. The monoisotopic (exact) mass is 154 g/mol. The Kier molecular flexibility index (Phi) is 2.65. The van der Waals surface area contributed by atoms with Crippen LogP contribution in [-0.4, -0.2) is 29.9 Å². The molecule has 62 valence electrons. The standard InChI is InChI=1S/C8H14N2O/c1-2-4-7(9)8(11)10-5-3-6-10/h2,7H,1,3-6,9H2. The molecule has 2 N–H and O–H groups in total. The Morgan fingerprint density at radius 2 is 2.36 bits per heavy atom. The molecule has 0 aromatic carbocycles. The molecule has 0 spiro atoms. The van der Waals surface area contributed by atoms with Crippen LogP contribution in [0.2, 0.25) is 0 Å². The quantitative estimate of drug-likeness (QED) is 0.587. The third kappa shape index (κ3) is 1.80. The van der Waals surface area contributed by atoms with Crippen LogP contribution in [0.15, 0.2) is 12.7 Å². The second kappa shape index (κ2) is 3.53. The molecule has 3 nitrogen and oxygen atoms in total. The van der Waals surface area contributed by atoms with Gasteiger partial charge in [-0.3, -0.25) is 4.79 Å². The fourth-order valence-corrected chi connectivity index (χ4v) is 1.05. The summed E-state index contributed by atoms with van der Waals surface area (Å²) in [4.78, 5) is 13.1. The zero-order valence-corrected chi connectivity index (χ0v) is 6.62. The average Bonchev–Trinajstić information content (AvgIpc) is 1.84. The topological polar surface area (TPSA) is 46.3 Å². The maximum absolute atomic E-state index is 11.3. The number of amides is 1. The van der Waals surface area contributed by atoms with Crippen molar-refractivity contribution in [1.82, 2.24) is 4.90 Å². The lowest BCUT2D eigenvalue weighted by atomic mass is 10.1. The van der Waals surface area contributed by atoms with Gasteiger partial charge in [0.05, 0.1) is 6.04 Å². The molecule has 1 aliphatic rings. The van der Waals surface area contributed by atoms with E-state index in [2.05, 4.69) is 6.58 Å². The van der Waals surface area contributed by atoms with Gasteiger partial charge in [-0.05, 0) is 12.8 Å². The van der Waals surface area contributed by atoms with E-state index in [9.17, 15) is 4.79 Å². The summed E-state index contributed by atoms with van der Waals surface area (Å²) in [7, 11) is 0. The molecule has 1 saturated heterocycles. The molecular formula is C8H14N2O. The molecule has 1 aliphatic heterocycles. The van der Waals surface area contributed by atoms with Crippen LogP contribution in [0.25, 0.3) is 0 Å². The average molecular weight is 154 g/mol. The van der Waals surface area contributed by atoms with Crippen LogP contribution in [0.1, 0.15) is 12.8 Å². The number of rotatable bonds is 3. The molecule has 0 bridgehead atoms. The van der Waals surface area contributed by atoms with Gasteiger partial charge in [0.1, 0.15) is 0 Å². The van der Waals surface area contributed by atoms with Crippen molar-refractivity contribution in [2.75, 3.05) is 13.1 Å². The van der Waals surface area contributed by atoms with Crippen molar-refractivity contribution >= 4 is 5.91 Å². The summed E-state index contributed by atoms with van der Waals surface area (Å²) < 4.78 is 0. The summed E-state index contributed by atoms with van der Waals surface area (Å²) >= 11 is 0. The molecule has 0 aromatic rings. The molecule has 1 unspecified atom stereocenters. The zero-order valence-electron chi connectivity index (χ0n) is 6.62. The van der Waals surface area contributed by atoms with Gasteiger partial charge in [0.25, 0.3) is 0 Å². The summed E-state index contributed by atoms with van der Waals surface area (Å²) in [5.41, 5.74) is 5.58. The molecule has 1 fully saturated rings. The number of carbonyl (C=O) groups is 1. The van der Waals surface area contributed by atoms with Crippen LogP contribution in [0, 0.1) is 0 Å². The molecule has 1 heterocycles. The highest BCUT2D eigenvalue weighted by Crippen LogP contribution is 2.08. The first kappa shape index (κ1) is 8.27. The van der Waals surface area contributed by atoms with Crippen LogP contribution in [0.5, 0.6) is 0 Å². The largest absolute Gasteiger partial charge is 0.341 e. The highest BCUT2D eigenvalue weighted by atomic mass is 16.2. The molecule has 1 atom stereocenters. The third-order valence-electron chi connectivity index (χ3n) is 1.91. The molecule has 0 saturated carbocycles. The molecule has 3 heteroatoms. The minimum Gasteiger partial charge on any atom is -0.341 e. The van der Waals surface area contributed by atoms with Crippen molar-refractivity contribution in [1.29, 1.82) is 0 Å². The smallest absolute Gasteiger partial charge is 0.239 e. The van der Waals surface area contributed by atoms with E-state index in [0.717, 1.165) is 19.5 Å². The second-order valence-electron chi connectivity index (χ2n) is 2.81. The minimum absolute atomic E-state index is 0.0659. The van der Waals surface area contributed by atoms with Crippen LogP contribution < -0.4 is 5.73 Å². The minimum atomic E-state index is -0.368. The van der Waals surface area contributed by atoms with Crippen LogP contribution >= 0.6 is 0 Å². The van der Waals surface area contributed by atoms with E-state index in [0.29, 0.717) is 6.42 Å². The number of nitrogens with zero attached hydrogens (tertiary/aromatic N) is 1. The highest BCUT2D eigenvalue weighted by molar-refractivity contribution is 5.82. The molecule has 1 rings (SSSR count). The van der Waals surface area contributed by atoms with E-state index in [-0.39, 0.29) is 11.9 Å². The molecule has 0 aliphatic carbocycles. The Bertz CT molecular complexity index is 163. The Labute approximate surface area is 66.9 Å². The van der Waals surface area contributed by atoms with Gasteiger partial charge < -0.3 is 10.6 Å². The van der Waals surface area contributed by atoms with Crippen LogP contribution in [0.4, 0.5) is 0 Å². The lowest BCUT2D eigenvalue weighted by Gasteiger charge is -2.32. The van der Waals surface area contributed by atoms with Gasteiger partial charge in [0.2, 0.25) is 5.91 Å². The number of carbonyl (C=O) groups excluding carboxylic acids is 1. The molecule has 0 aromatic heterocycles. The predicted octanol–water partition coefficient (Wildman–Crippen LogP) is 0.122. The van der Waals surface area contributed by atoms with Gasteiger partial charge >= 0.3 is 0 Å². The molecule has 11 heavy (non-hydrogen) atoms. The molecular weight excluding hydrogens is 140 g/mol. The first-order valence-electron chi connectivity index (χ1n) is 3.91. The van der Waals surface area contributed by atoms with Gasteiger partial charge in [-0.15, -0.1) is 6.58 Å². The second-order valence-corrected chi connectivity index (χ2v) is 2.81. The number of nitrogens with two attached hydrogens (primary N) is 1. The number of hydrogen-bond acceptors (Lipinski definition) is 2. The van der Waals surface area contributed by atoms with Gasteiger partial charge in [-0.2, -0.15) is 0 Å². The van der Waals surface area contributed by atoms with Gasteiger partial charge in [-0.1, -0.05) is 6.08 Å². The lowest BCUT2D eigenvalue weighted by molar-refractivity contribution is -0.135. The Balaban J connectivity index is 2.32. The van der Waals surface area contributed by atoms with Crippen LogP contribution in [-0.2, 0) is 4.79 Å². The van der Waals surface area contributed by atoms with E-state index in [1.54, 1.807) is 11.0 Å². The van der Waals surface area contributed by atoms with Crippen molar-refractivity contribution in [3.8, 4) is 0 Å². The molecule has 0 radical (unpaired) electrons. The van der Waals surface area contributed by atoms with E-state index in [1.807, 2.05) is 0 Å². The molecule has 1 amide bonds. The maximum Gasteiger partial charge on any atom is 0.239 e. The summed E-state index contributed by atoms with van der Waals surface area (Å²) in [5.74, 6) is 0.0659. The van der Waals surface area contributed by atoms with Crippen molar-refractivity contribution < 1.29 is 4.79 Å². The fraction of sp³-hybridized carbons (Fsp3) is 0.625. The van der Waals surface area contributed by atoms with Gasteiger partial charge in [-0.25, -0.2) is 0 Å². The van der Waals surface area contributed by atoms with Gasteiger partial charge in [0.15, 0.2) is 0 Å².